The second-order valence-corrected chi connectivity index (χ2v) is 6.31. The van der Waals surface area contributed by atoms with E-state index < -0.39 is 0 Å². The first-order chi connectivity index (χ1) is 9.15. The van der Waals surface area contributed by atoms with Gasteiger partial charge in [-0.15, -0.1) is 0 Å². The zero-order valence-electron chi connectivity index (χ0n) is 12.8. The van der Waals surface area contributed by atoms with Gasteiger partial charge in [-0.2, -0.15) is 0 Å². The van der Waals surface area contributed by atoms with Gasteiger partial charge in [-0.05, 0) is 44.1 Å². The summed E-state index contributed by atoms with van der Waals surface area (Å²) in [5, 5.41) is 3.22. The number of nitrogens with two attached hydrogens (primary N) is 1. The van der Waals surface area contributed by atoms with Gasteiger partial charge < -0.3 is 11.1 Å². The average Bonchev–Trinajstić information content (AvgIpc) is 2.36. The fraction of sp³-hybridized carbons (Fsp3) is 0.938. The maximum Gasteiger partial charge on any atom is 0.220 e. The summed E-state index contributed by atoms with van der Waals surface area (Å²) >= 11 is 0. The minimum Gasteiger partial charge on any atom is -0.353 e. The van der Waals surface area contributed by atoms with Crippen molar-refractivity contribution in [3.8, 4) is 0 Å². The molecule has 0 aromatic carbocycles. The first kappa shape index (κ1) is 16.5. The minimum absolute atomic E-state index is 0.247. The van der Waals surface area contributed by atoms with Crippen LogP contribution in [0.3, 0.4) is 0 Å². The molecular formula is C16H32N2O. The summed E-state index contributed by atoms with van der Waals surface area (Å²) < 4.78 is 0. The molecule has 0 spiro atoms. The van der Waals surface area contributed by atoms with Crippen LogP contribution in [0.1, 0.15) is 71.6 Å². The van der Waals surface area contributed by atoms with E-state index in [2.05, 4.69) is 19.2 Å². The maximum atomic E-state index is 12.0. The van der Waals surface area contributed by atoms with Crippen molar-refractivity contribution in [3.05, 3.63) is 0 Å². The lowest BCUT2D eigenvalue weighted by Gasteiger charge is -2.27. The minimum atomic E-state index is 0.247. The number of nitrogens with one attached hydrogen (secondary N) is 1. The van der Waals surface area contributed by atoms with Crippen LogP contribution in [-0.4, -0.2) is 18.5 Å². The van der Waals surface area contributed by atoms with Crippen LogP contribution in [0.15, 0.2) is 0 Å². The molecule has 1 rings (SSSR count). The van der Waals surface area contributed by atoms with Crippen LogP contribution in [0.25, 0.3) is 0 Å². The highest BCUT2D eigenvalue weighted by molar-refractivity contribution is 5.76. The summed E-state index contributed by atoms with van der Waals surface area (Å²) in [7, 11) is 0. The zero-order chi connectivity index (χ0) is 14.1. The van der Waals surface area contributed by atoms with E-state index in [1.807, 2.05) is 0 Å². The molecule has 0 bridgehead atoms. The standard InChI is InChI=1S/C16H32N2O/c1-3-5-14(10-11-17)8-9-16(19)18-15-7-4-6-13(2)12-15/h13-15H,3-12,17H2,1-2H3,(H,18,19). The monoisotopic (exact) mass is 268 g/mol. The van der Waals surface area contributed by atoms with Gasteiger partial charge in [0.05, 0.1) is 0 Å². The van der Waals surface area contributed by atoms with Gasteiger partial charge >= 0.3 is 0 Å². The molecule has 0 heterocycles. The lowest BCUT2D eigenvalue weighted by molar-refractivity contribution is -0.122. The van der Waals surface area contributed by atoms with Crippen molar-refractivity contribution in [1.29, 1.82) is 0 Å². The van der Waals surface area contributed by atoms with Gasteiger partial charge in [0, 0.05) is 12.5 Å². The van der Waals surface area contributed by atoms with Gasteiger partial charge in [0.1, 0.15) is 0 Å². The predicted octanol–water partition coefficient (Wildman–Crippen LogP) is 3.23. The Bertz CT molecular complexity index is 249. The molecular weight excluding hydrogens is 236 g/mol. The summed E-state index contributed by atoms with van der Waals surface area (Å²) in [6.07, 6.45) is 10.0. The van der Waals surface area contributed by atoms with Crippen LogP contribution in [0.5, 0.6) is 0 Å². The van der Waals surface area contributed by atoms with Crippen molar-refractivity contribution in [2.45, 2.75) is 77.7 Å². The van der Waals surface area contributed by atoms with Crippen LogP contribution in [-0.2, 0) is 4.79 Å². The number of amides is 1. The topological polar surface area (TPSA) is 55.1 Å². The van der Waals surface area contributed by atoms with E-state index in [-0.39, 0.29) is 5.91 Å². The van der Waals surface area contributed by atoms with E-state index in [1.165, 1.54) is 25.7 Å². The summed E-state index contributed by atoms with van der Waals surface area (Å²) in [5.41, 5.74) is 5.63. The number of hydrogen-bond acceptors (Lipinski definition) is 2. The van der Waals surface area contributed by atoms with E-state index in [1.54, 1.807) is 0 Å². The Morgan fingerprint density at radius 1 is 1.32 bits per heavy atom. The van der Waals surface area contributed by atoms with Gasteiger partial charge in [0.2, 0.25) is 5.91 Å². The molecule has 0 radical (unpaired) electrons. The van der Waals surface area contributed by atoms with Crippen LogP contribution >= 0.6 is 0 Å². The molecule has 3 nitrogen and oxygen atoms in total. The fourth-order valence-electron chi connectivity index (χ4n) is 3.28. The van der Waals surface area contributed by atoms with E-state index in [0.29, 0.717) is 18.4 Å². The van der Waals surface area contributed by atoms with Gasteiger partial charge in [0.15, 0.2) is 0 Å². The Hall–Kier alpha value is -0.570. The third-order valence-electron chi connectivity index (χ3n) is 4.35. The molecule has 3 atom stereocenters. The second kappa shape index (κ2) is 9.35. The molecule has 112 valence electrons. The lowest BCUT2D eigenvalue weighted by atomic mass is 9.87. The highest BCUT2D eigenvalue weighted by Gasteiger charge is 2.20. The van der Waals surface area contributed by atoms with E-state index in [4.69, 9.17) is 5.73 Å². The largest absolute Gasteiger partial charge is 0.353 e. The van der Waals surface area contributed by atoms with Crippen molar-refractivity contribution >= 4 is 5.91 Å². The highest BCUT2D eigenvalue weighted by atomic mass is 16.1. The summed E-state index contributed by atoms with van der Waals surface area (Å²) in [5.74, 6) is 1.65. The number of hydrogen-bond donors (Lipinski definition) is 2. The lowest BCUT2D eigenvalue weighted by Crippen LogP contribution is -2.38. The molecule has 0 aromatic heterocycles. The third kappa shape index (κ3) is 6.95. The molecule has 0 aliphatic heterocycles. The molecule has 0 saturated heterocycles. The molecule has 0 aromatic rings. The van der Waals surface area contributed by atoms with E-state index in [9.17, 15) is 4.79 Å². The normalized spacial score (nSPS) is 25.0. The van der Waals surface area contributed by atoms with Crippen molar-refractivity contribution in [2.75, 3.05) is 6.54 Å². The molecule has 1 aliphatic rings. The SMILES string of the molecule is CCCC(CCN)CCC(=O)NC1CCCC(C)C1. The van der Waals surface area contributed by atoms with Gasteiger partial charge in [-0.3, -0.25) is 4.79 Å². The highest BCUT2D eigenvalue weighted by Crippen LogP contribution is 2.24. The molecule has 1 fully saturated rings. The average molecular weight is 268 g/mol. The van der Waals surface area contributed by atoms with Crippen molar-refractivity contribution in [2.24, 2.45) is 17.6 Å². The Morgan fingerprint density at radius 2 is 2.11 bits per heavy atom. The van der Waals surface area contributed by atoms with Crippen LogP contribution in [0.2, 0.25) is 0 Å². The molecule has 19 heavy (non-hydrogen) atoms. The summed E-state index contributed by atoms with van der Waals surface area (Å²) in [4.78, 5) is 12.0. The van der Waals surface area contributed by atoms with Crippen LogP contribution < -0.4 is 11.1 Å². The van der Waals surface area contributed by atoms with Crippen molar-refractivity contribution < 1.29 is 4.79 Å². The van der Waals surface area contributed by atoms with E-state index >= 15 is 0 Å². The summed E-state index contributed by atoms with van der Waals surface area (Å²) in [6.45, 7) is 5.23. The van der Waals surface area contributed by atoms with Crippen molar-refractivity contribution in [3.63, 3.8) is 0 Å². The molecule has 1 aliphatic carbocycles. The predicted molar refractivity (Wildman–Crippen MR) is 80.9 cm³/mol. The third-order valence-corrected chi connectivity index (χ3v) is 4.35. The van der Waals surface area contributed by atoms with Gasteiger partial charge in [-0.1, -0.05) is 39.5 Å². The molecule has 3 unspecified atom stereocenters. The summed E-state index contributed by atoms with van der Waals surface area (Å²) in [6, 6.07) is 0.426. The van der Waals surface area contributed by atoms with Gasteiger partial charge in [0.25, 0.3) is 0 Å². The fourth-order valence-corrected chi connectivity index (χ4v) is 3.28. The zero-order valence-corrected chi connectivity index (χ0v) is 12.8. The van der Waals surface area contributed by atoms with Crippen LogP contribution in [0, 0.1) is 11.8 Å². The Morgan fingerprint density at radius 3 is 2.74 bits per heavy atom. The van der Waals surface area contributed by atoms with Crippen LogP contribution in [0.4, 0.5) is 0 Å². The number of carbonyl (C=O) groups excluding carboxylic acids is 1. The molecule has 3 N–H and O–H groups in total. The smallest absolute Gasteiger partial charge is 0.220 e. The second-order valence-electron chi connectivity index (χ2n) is 6.31. The van der Waals surface area contributed by atoms with Gasteiger partial charge in [-0.25, -0.2) is 0 Å². The number of rotatable bonds is 8. The number of carbonyl (C=O) groups is 1. The maximum absolute atomic E-state index is 12.0. The Balaban J connectivity index is 2.22. The Labute approximate surface area is 118 Å². The first-order valence-electron chi connectivity index (χ1n) is 8.15. The van der Waals surface area contributed by atoms with Crippen molar-refractivity contribution in [1.82, 2.24) is 5.32 Å². The molecule has 1 amide bonds. The first-order valence-corrected chi connectivity index (χ1v) is 8.15. The van der Waals surface area contributed by atoms with E-state index in [0.717, 1.165) is 38.1 Å². The Kier molecular flexibility index (Phi) is 8.11. The quantitative estimate of drug-likeness (QED) is 0.710. The molecule has 1 saturated carbocycles. The molecule has 3 heteroatoms.